The second-order valence-electron chi connectivity index (χ2n) is 15.5. The lowest BCUT2D eigenvalue weighted by molar-refractivity contribution is -0.275. The molecule has 5 aromatic rings. The number of nitriles is 1. The summed E-state index contributed by atoms with van der Waals surface area (Å²) in [6.07, 6.45) is 1.03. The summed E-state index contributed by atoms with van der Waals surface area (Å²) >= 11 is 0. The van der Waals surface area contributed by atoms with Crippen molar-refractivity contribution in [1.29, 1.82) is 5.26 Å². The van der Waals surface area contributed by atoms with Gasteiger partial charge in [0.15, 0.2) is 11.2 Å². The van der Waals surface area contributed by atoms with Crippen LogP contribution in [0.2, 0.25) is 0 Å². The first-order chi connectivity index (χ1) is 29.4. The Labute approximate surface area is 357 Å². The third kappa shape index (κ3) is 8.65. The third-order valence-electron chi connectivity index (χ3n) is 10.7. The summed E-state index contributed by atoms with van der Waals surface area (Å²) in [5, 5.41) is 9.46. The van der Waals surface area contributed by atoms with Gasteiger partial charge in [-0.15, -0.1) is 0 Å². The monoisotopic (exact) mass is 852 g/mol. The van der Waals surface area contributed by atoms with Gasteiger partial charge in [-0.25, -0.2) is 14.6 Å². The number of nitrogens with zero attached hydrogens (tertiary/aromatic N) is 7. The van der Waals surface area contributed by atoms with Gasteiger partial charge in [0.25, 0.3) is 14.1 Å². The van der Waals surface area contributed by atoms with Crippen LogP contribution < -0.4 is 15.0 Å². The van der Waals surface area contributed by atoms with Gasteiger partial charge in [0.05, 0.1) is 59.2 Å². The molecule has 5 atom stereocenters. The fourth-order valence-electron chi connectivity index (χ4n) is 7.90. The smallest absolute Gasteiger partial charge is 0.280 e. The molecule has 0 saturated carbocycles. The number of fused-ring (bicyclic) bond motifs is 2. The maximum Gasteiger partial charge on any atom is 0.280 e. The van der Waals surface area contributed by atoms with Crippen molar-refractivity contribution in [1.82, 2.24) is 29.1 Å². The van der Waals surface area contributed by atoms with Crippen LogP contribution in [0.15, 0.2) is 95.0 Å². The number of rotatable bonds is 19. The van der Waals surface area contributed by atoms with Crippen LogP contribution in [-0.2, 0) is 34.6 Å². The molecule has 1 N–H and O–H groups in total. The zero-order valence-corrected chi connectivity index (χ0v) is 36.6. The van der Waals surface area contributed by atoms with Crippen molar-refractivity contribution < 1.29 is 32.7 Å². The highest BCUT2D eigenvalue weighted by Gasteiger charge is 2.66. The van der Waals surface area contributed by atoms with Gasteiger partial charge in [-0.3, -0.25) is 14.3 Å². The highest BCUT2D eigenvalue weighted by Crippen LogP contribution is 2.55. The van der Waals surface area contributed by atoms with Crippen LogP contribution in [0.5, 0.6) is 11.5 Å². The van der Waals surface area contributed by atoms with E-state index in [2.05, 4.69) is 53.4 Å². The molecule has 4 heterocycles. The summed E-state index contributed by atoms with van der Waals surface area (Å²) in [6, 6.07) is 27.9. The minimum Gasteiger partial charge on any atom is -0.497 e. The Kier molecular flexibility index (Phi) is 13.5. The molecule has 61 heavy (non-hydrogen) atoms. The summed E-state index contributed by atoms with van der Waals surface area (Å²) in [6.45, 7) is 8.60. The normalized spacial score (nSPS) is 20.6. The van der Waals surface area contributed by atoms with E-state index in [1.807, 2.05) is 93.0 Å². The van der Waals surface area contributed by atoms with Crippen molar-refractivity contribution in [2.45, 2.75) is 75.8 Å². The number of hydrogen-bond acceptors (Lipinski definition) is 13. The average molecular weight is 853 g/mol. The van der Waals surface area contributed by atoms with Gasteiger partial charge in [0, 0.05) is 26.2 Å². The molecular weight excluding hydrogens is 800 g/mol. The Morgan fingerprint density at radius 3 is 2.16 bits per heavy atom. The Bertz CT molecular complexity index is 2310. The molecule has 0 radical (unpaired) electrons. The predicted octanol–water partition coefficient (Wildman–Crippen LogP) is 6.48. The molecule has 2 aromatic heterocycles. The van der Waals surface area contributed by atoms with E-state index in [1.165, 1.54) is 0 Å². The molecule has 0 spiro atoms. The van der Waals surface area contributed by atoms with Crippen molar-refractivity contribution >= 4 is 32.0 Å². The molecule has 17 heteroatoms. The molecule has 2 fully saturated rings. The van der Waals surface area contributed by atoms with E-state index < -0.39 is 43.7 Å². The van der Waals surface area contributed by atoms with Crippen LogP contribution >= 0.6 is 8.53 Å². The molecule has 0 amide bonds. The molecule has 0 bridgehead atoms. The van der Waals surface area contributed by atoms with Crippen molar-refractivity contribution in [2.75, 3.05) is 48.1 Å². The first-order valence-electron chi connectivity index (χ1n) is 20.2. The number of nitrogens with one attached hydrogen (secondary N) is 1. The third-order valence-corrected chi connectivity index (χ3v) is 12.8. The van der Waals surface area contributed by atoms with Crippen LogP contribution in [0.25, 0.3) is 11.2 Å². The zero-order valence-electron chi connectivity index (χ0n) is 35.7. The number of ether oxygens (including phenoxy) is 5. The minimum atomic E-state index is -1.76. The molecule has 16 nitrogen and oxygen atoms in total. The molecule has 0 aliphatic carbocycles. The number of benzene rings is 3. The lowest BCUT2D eigenvalue weighted by Crippen LogP contribution is -2.60. The number of aromatic nitrogens is 4. The fraction of sp³-hybridized carbons (Fsp3) is 0.432. The van der Waals surface area contributed by atoms with E-state index in [9.17, 15) is 10.1 Å². The van der Waals surface area contributed by atoms with Gasteiger partial charge in [-0.1, -0.05) is 54.6 Å². The second-order valence-corrected chi connectivity index (χ2v) is 17.0. The molecule has 2 aliphatic heterocycles. The number of H-pyrrole nitrogens is 1. The van der Waals surface area contributed by atoms with E-state index in [1.54, 1.807) is 36.4 Å². The molecular formula is C44H53N8O8P. The first-order valence-corrected chi connectivity index (χ1v) is 21.3. The summed E-state index contributed by atoms with van der Waals surface area (Å²) < 4.78 is 49.6. The number of hydrogen-bond donors (Lipinski definition) is 1. The molecule has 322 valence electrons. The minimum absolute atomic E-state index is 0.00295. The molecule has 1 unspecified atom stereocenters. The summed E-state index contributed by atoms with van der Waals surface area (Å²) in [7, 11) is 5.15. The molecule has 2 aliphatic rings. The van der Waals surface area contributed by atoms with Crippen LogP contribution in [-0.4, -0.2) is 114 Å². The van der Waals surface area contributed by atoms with Crippen molar-refractivity contribution in [3.8, 4) is 17.6 Å². The zero-order chi connectivity index (χ0) is 43.3. The maximum absolute atomic E-state index is 13.3. The maximum atomic E-state index is 13.3. The van der Waals surface area contributed by atoms with Crippen molar-refractivity contribution in [3.05, 3.63) is 112 Å². The quantitative estimate of drug-likeness (QED) is 0.0315. The molecule has 7 rings (SSSR count). The highest BCUT2D eigenvalue weighted by atomic mass is 31.2. The van der Waals surface area contributed by atoms with E-state index in [-0.39, 0.29) is 55.4 Å². The number of aromatic amines is 1. The largest absolute Gasteiger partial charge is 0.497 e. The second kappa shape index (κ2) is 18.8. The van der Waals surface area contributed by atoms with Crippen molar-refractivity contribution in [3.63, 3.8) is 0 Å². The number of methoxy groups -OCH3 is 2. The Morgan fingerprint density at radius 1 is 1.00 bits per heavy atom. The van der Waals surface area contributed by atoms with Crippen molar-refractivity contribution in [2.24, 2.45) is 4.99 Å². The van der Waals surface area contributed by atoms with Crippen LogP contribution in [0.4, 0.5) is 5.95 Å². The topological polar surface area (TPSA) is 171 Å². The van der Waals surface area contributed by atoms with Gasteiger partial charge in [0.1, 0.15) is 35.4 Å². The average Bonchev–Trinajstić information content (AvgIpc) is 3.76. The van der Waals surface area contributed by atoms with E-state index in [0.717, 1.165) is 16.7 Å². The SMILES string of the molecule is COc1ccc(C(OC[C@H]2O[C@]3(n4cnc5c(=O)[nH]c(/N=C/N(C)C)nc54)CO[C@@H]3[C@@H]2OP(OCCC#N)N(C(C)C)C(C)C)(c2ccccc2)c2ccc(OC)cc2)cc1. The predicted molar refractivity (Wildman–Crippen MR) is 231 cm³/mol. The molecule has 3 aromatic carbocycles. The van der Waals surface area contributed by atoms with Crippen LogP contribution in [0.1, 0.15) is 50.8 Å². The van der Waals surface area contributed by atoms with E-state index in [0.29, 0.717) is 11.5 Å². The van der Waals surface area contributed by atoms with E-state index in [4.69, 9.17) is 37.7 Å². The Balaban J connectivity index is 1.36. The number of aliphatic imine (C=N–C) groups is 1. The first kappa shape index (κ1) is 43.8. The van der Waals surface area contributed by atoms with Gasteiger partial charge in [-0.2, -0.15) is 10.2 Å². The Hall–Kier alpha value is -5.24. The standard InChI is InChI=1S/C44H53N8O8P/c1-29(2)52(30(3)4)61(58-24-12-23-45)60-38-36(59-43(26-56-39(38)43)51-28-46-37-40(51)48-42(49-41(37)53)47-27-50(5)6)25-57-44(31-13-10-9-11-14-31,32-15-19-34(54-7)20-16-32)33-17-21-35(55-8)22-18-33/h9-11,13-22,27-30,36,38-39H,12,24-26H2,1-8H3,(H,48,49,53)/b47-27+/t36-,38-,39-,43-,61?/m1/s1. The summed E-state index contributed by atoms with van der Waals surface area (Å²) in [4.78, 5) is 31.4. The summed E-state index contributed by atoms with van der Waals surface area (Å²) in [5.74, 6) is 1.50. The van der Waals surface area contributed by atoms with Gasteiger partial charge >= 0.3 is 0 Å². The fourth-order valence-corrected chi connectivity index (χ4v) is 9.66. The number of imidazole rings is 1. The lowest BCUT2D eigenvalue weighted by atomic mass is 9.80. The summed E-state index contributed by atoms with van der Waals surface area (Å²) in [5.41, 5.74) is 0.136. The van der Waals surface area contributed by atoms with E-state index >= 15 is 0 Å². The lowest BCUT2D eigenvalue weighted by Gasteiger charge is -2.45. The van der Waals surface area contributed by atoms with Crippen LogP contribution in [0, 0.1) is 11.3 Å². The van der Waals surface area contributed by atoms with Gasteiger partial charge in [-0.05, 0) is 68.7 Å². The highest BCUT2D eigenvalue weighted by molar-refractivity contribution is 7.44. The molecule has 2 saturated heterocycles. The van der Waals surface area contributed by atoms with Gasteiger partial charge in [0.2, 0.25) is 11.7 Å². The Morgan fingerprint density at radius 2 is 1.62 bits per heavy atom. The van der Waals surface area contributed by atoms with Gasteiger partial charge < -0.3 is 37.6 Å². The van der Waals surface area contributed by atoms with Crippen LogP contribution in [0.3, 0.4) is 0 Å².